The lowest BCUT2D eigenvalue weighted by molar-refractivity contribution is 0.104. The smallest absolute Gasteiger partial charge is 0.203 e. The third kappa shape index (κ3) is 4.42. The molecule has 0 saturated carbocycles. The zero-order chi connectivity index (χ0) is 20.8. The largest absolute Gasteiger partial charge is 0.495 e. The van der Waals surface area contributed by atoms with E-state index in [0.717, 1.165) is 5.69 Å². The maximum atomic E-state index is 12.9. The number of hydrogen-bond acceptors (Lipinski definition) is 6. The van der Waals surface area contributed by atoms with Crippen molar-refractivity contribution < 1.29 is 23.7 Å². The van der Waals surface area contributed by atoms with Crippen molar-refractivity contribution in [1.29, 1.82) is 0 Å². The minimum atomic E-state index is -0.164. The molecule has 0 aromatic heterocycles. The van der Waals surface area contributed by atoms with Crippen LogP contribution in [-0.2, 0) is 0 Å². The lowest BCUT2D eigenvalue weighted by Crippen LogP contribution is -2.11. The number of nitrogens with zero attached hydrogens (tertiary/aromatic N) is 1. The highest BCUT2D eigenvalue weighted by molar-refractivity contribution is 9.12. The molecule has 0 saturated heterocycles. The summed E-state index contributed by atoms with van der Waals surface area (Å²) in [5.41, 5.74) is 2.03. The summed E-state index contributed by atoms with van der Waals surface area (Å²) in [6.45, 7) is 0. The van der Waals surface area contributed by atoms with Crippen molar-refractivity contribution in [3.05, 3.63) is 45.9 Å². The van der Waals surface area contributed by atoms with Crippen molar-refractivity contribution in [2.75, 3.05) is 47.4 Å². The molecule has 0 fully saturated rings. The Kier molecular flexibility index (Phi) is 7.34. The first kappa shape index (κ1) is 21.6. The Morgan fingerprint density at radius 3 is 2.04 bits per heavy atom. The van der Waals surface area contributed by atoms with Gasteiger partial charge in [-0.15, -0.1) is 0 Å². The number of allylic oxidation sites excluding steroid dienone is 1. The maximum absolute atomic E-state index is 12.9. The van der Waals surface area contributed by atoms with Gasteiger partial charge in [0.2, 0.25) is 5.75 Å². The van der Waals surface area contributed by atoms with Gasteiger partial charge in [-0.3, -0.25) is 4.79 Å². The summed E-state index contributed by atoms with van der Waals surface area (Å²) in [4.78, 5) is 14.8. The minimum absolute atomic E-state index is 0.164. The lowest BCUT2D eigenvalue weighted by atomic mass is 10.1. The first-order valence-corrected chi connectivity index (χ1v) is 9.23. The van der Waals surface area contributed by atoms with Crippen LogP contribution < -0.4 is 23.8 Å². The number of ketones is 1. The predicted octanol–water partition coefficient (Wildman–Crippen LogP) is 4.41. The molecule has 0 amide bonds. The van der Waals surface area contributed by atoms with Gasteiger partial charge in [-0.25, -0.2) is 0 Å². The number of carbonyl (C=O) groups excluding carboxylic acids is 1. The second-order valence-electron chi connectivity index (χ2n) is 6.03. The maximum Gasteiger partial charge on any atom is 0.203 e. The van der Waals surface area contributed by atoms with Crippen LogP contribution in [0.2, 0.25) is 0 Å². The molecule has 0 unspecified atom stereocenters. The highest BCUT2D eigenvalue weighted by atomic mass is 79.9. The standard InChI is InChI=1S/C21H24BrNO5/c1-23(2)16-12-13(7-9-17(16)25-3)19(24)15(22)11-14-8-10-18(26-4)21(28-6)20(14)27-5/h7-12H,1-6H3/b15-11+. The number of ether oxygens (including phenoxy) is 4. The quantitative estimate of drug-likeness (QED) is 0.439. The van der Waals surface area contributed by atoms with E-state index >= 15 is 0 Å². The molecule has 0 N–H and O–H groups in total. The Hall–Kier alpha value is -2.67. The van der Waals surface area contributed by atoms with E-state index in [1.165, 1.54) is 14.2 Å². The van der Waals surface area contributed by atoms with Crippen LogP contribution in [-0.4, -0.2) is 48.3 Å². The van der Waals surface area contributed by atoms with E-state index in [2.05, 4.69) is 15.9 Å². The molecule has 0 radical (unpaired) electrons. The van der Waals surface area contributed by atoms with E-state index in [0.29, 0.717) is 38.6 Å². The van der Waals surface area contributed by atoms with Crippen molar-refractivity contribution in [3.63, 3.8) is 0 Å². The van der Waals surface area contributed by atoms with Crippen molar-refractivity contribution in [2.45, 2.75) is 0 Å². The van der Waals surface area contributed by atoms with Gasteiger partial charge in [0.25, 0.3) is 0 Å². The molecule has 150 valence electrons. The first-order valence-electron chi connectivity index (χ1n) is 8.44. The average molecular weight is 450 g/mol. The zero-order valence-corrected chi connectivity index (χ0v) is 18.4. The summed E-state index contributed by atoms with van der Waals surface area (Å²) in [6, 6.07) is 8.86. The van der Waals surface area contributed by atoms with Crippen LogP contribution in [0, 0.1) is 0 Å². The molecule has 0 aliphatic carbocycles. The Morgan fingerprint density at radius 1 is 0.893 bits per heavy atom. The summed E-state index contributed by atoms with van der Waals surface area (Å²) in [5.74, 6) is 2.02. The average Bonchev–Trinajstić information content (AvgIpc) is 2.71. The molecule has 0 aliphatic rings. The van der Waals surface area contributed by atoms with Gasteiger partial charge in [0, 0.05) is 25.2 Å². The SMILES string of the molecule is COc1ccc(C(=O)/C(Br)=C\c2ccc(OC)c(OC)c2OC)cc1N(C)C. The Labute approximate surface area is 173 Å². The number of anilines is 1. The molecular formula is C21H24BrNO5. The van der Waals surface area contributed by atoms with E-state index in [1.807, 2.05) is 19.0 Å². The first-order chi connectivity index (χ1) is 13.4. The predicted molar refractivity (Wildman–Crippen MR) is 115 cm³/mol. The summed E-state index contributed by atoms with van der Waals surface area (Å²) in [6.07, 6.45) is 1.70. The molecule has 7 heteroatoms. The number of methoxy groups -OCH3 is 4. The van der Waals surface area contributed by atoms with E-state index < -0.39 is 0 Å². The second kappa shape index (κ2) is 9.50. The highest BCUT2D eigenvalue weighted by Crippen LogP contribution is 2.41. The van der Waals surface area contributed by atoms with Crippen LogP contribution >= 0.6 is 15.9 Å². The third-order valence-electron chi connectivity index (χ3n) is 4.16. The topological polar surface area (TPSA) is 57.2 Å². The molecule has 28 heavy (non-hydrogen) atoms. The van der Waals surface area contributed by atoms with Crippen LogP contribution in [0.4, 0.5) is 5.69 Å². The van der Waals surface area contributed by atoms with Crippen LogP contribution in [0.1, 0.15) is 15.9 Å². The van der Waals surface area contributed by atoms with Gasteiger partial charge >= 0.3 is 0 Å². The third-order valence-corrected chi connectivity index (χ3v) is 4.75. The normalized spacial score (nSPS) is 11.0. The Bertz CT molecular complexity index is 893. The fourth-order valence-electron chi connectivity index (χ4n) is 2.76. The van der Waals surface area contributed by atoms with Crippen molar-refractivity contribution in [3.8, 4) is 23.0 Å². The molecule has 2 aromatic rings. The van der Waals surface area contributed by atoms with Crippen molar-refractivity contribution in [2.24, 2.45) is 0 Å². The van der Waals surface area contributed by atoms with Gasteiger partial charge in [0.15, 0.2) is 17.3 Å². The molecule has 0 atom stereocenters. The number of Topliss-reactive ketones (excluding diaryl/α,β-unsaturated/α-hetero) is 1. The van der Waals surface area contributed by atoms with E-state index in [4.69, 9.17) is 18.9 Å². The number of carbonyl (C=O) groups is 1. The van der Waals surface area contributed by atoms with E-state index in [-0.39, 0.29) is 5.78 Å². The number of hydrogen-bond donors (Lipinski definition) is 0. The zero-order valence-electron chi connectivity index (χ0n) is 16.8. The molecule has 0 heterocycles. The molecule has 0 aliphatic heterocycles. The van der Waals surface area contributed by atoms with Crippen LogP contribution in [0.3, 0.4) is 0 Å². The van der Waals surface area contributed by atoms with Gasteiger partial charge in [0.05, 0.1) is 38.6 Å². The summed E-state index contributed by atoms with van der Waals surface area (Å²) < 4.78 is 21.9. The molecule has 6 nitrogen and oxygen atoms in total. The molecule has 0 spiro atoms. The highest BCUT2D eigenvalue weighted by Gasteiger charge is 2.18. The number of rotatable bonds is 8. The van der Waals surface area contributed by atoms with Gasteiger partial charge in [0.1, 0.15) is 5.75 Å². The van der Waals surface area contributed by atoms with Crippen LogP contribution in [0.25, 0.3) is 6.08 Å². The molecule has 0 bridgehead atoms. The monoisotopic (exact) mass is 449 g/mol. The fourth-order valence-corrected chi connectivity index (χ4v) is 3.23. The van der Waals surface area contributed by atoms with E-state index in [1.54, 1.807) is 50.6 Å². The van der Waals surface area contributed by atoms with Gasteiger partial charge in [-0.2, -0.15) is 0 Å². The molecular weight excluding hydrogens is 426 g/mol. The van der Waals surface area contributed by atoms with E-state index in [9.17, 15) is 4.79 Å². The van der Waals surface area contributed by atoms with Gasteiger partial charge in [-0.05, 0) is 52.3 Å². The Balaban J connectivity index is 2.46. The van der Waals surface area contributed by atoms with Crippen molar-refractivity contribution >= 4 is 33.5 Å². The van der Waals surface area contributed by atoms with Gasteiger partial charge < -0.3 is 23.8 Å². The molecule has 2 aromatic carbocycles. The summed E-state index contributed by atoms with van der Waals surface area (Å²) in [5, 5.41) is 0. The second-order valence-corrected chi connectivity index (χ2v) is 6.88. The van der Waals surface area contributed by atoms with Crippen LogP contribution in [0.15, 0.2) is 34.8 Å². The van der Waals surface area contributed by atoms with Gasteiger partial charge in [-0.1, -0.05) is 0 Å². The minimum Gasteiger partial charge on any atom is -0.495 e. The molecule has 2 rings (SSSR count). The lowest BCUT2D eigenvalue weighted by Gasteiger charge is -2.17. The fraction of sp³-hybridized carbons (Fsp3) is 0.286. The van der Waals surface area contributed by atoms with Crippen LogP contribution in [0.5, 0.6) is 23.0 Å². The van der Waals surface area contributed by atoms with Crippen molar-refractivity contribution in [1.82, 2.24) is 0 Å². The number of benzene rings is 2. The number of halogens is 1. The summed E-state index contributed by atoms with van der Waals surface area (Å²) >= 11 is 3.40. The summed E-state index contributed by atoms with van der Waals surface area (Å²) in [7, 11) is 10.0. The Morgan fingerprint density at radius 2 is 1.50 bits per heavy atom.